The molecule has 162 valence electrons. The number of carbonyl (C=O) groups is 3. The normalized spacial score (nSPS) is 11.0. The Labute approximate surface area is 179 Å². The minimum atomic E-state index is -1.09. The number of carbonyl (C=O) groups excluding carboxylic acids is 2. The van der Waals surface area contributed by atoms with Gasteiger partial charge in [0, 0.05) is 23.2 Å². The first-order valence-electron chi connectivity index (χ1n) is 9.11. The zero-order valence-corrected chi connectivity index (χ0v) is 17.0. The quantitative estimate of drug-likeness (QED) is 0.533. The summed E-state index contributed by atoms with van der Waals surface area (Å²) in [5.41, 5.74) is 0.390. The van der Waals surface area contributed by atoms with Gasteiger partial charge in [-0.25, -0.2) is 8.78 Å². The van der Waals surface area contributed by atoms with Crippen LogP contribution in [0.1, 0.15) is 28.0 Å². The van der Waals surface area contributed by atoms with Crippen molar-refractivity contribution in [1.82, 2.24) is 9.88 Å². The maximum Gasteiger partial charge on any atom is 0.305 e. The Morgan fingerprint density at radius 3 is 2.52 bits per heavy atom. The van der Waals surface area contributed by atoms with Crippen molar-refractivity contribution in [2.45, 2.75) is 19.8 Å². The fourth-order valence-corrected chi connectivity index (χ4v) is 3.41. The molecule has 0 aliphatic carbocycles. The Morgan fingerprint density at radius 2 is 1.87 bits per heavy atom. The molecule has 0 saturated heterocycles. The van der Waals surface area contributed by atoms with Crippen LogP contribution in [-0.2, 0) is 16.0 Å². The highest BCUT2D eigenvalue weighted by Gasteiger charge is 2.25. The standard InChI is InChI=1S/C21H17ClF2N2O5/c1-10-12(9-17(28)25-7-6-18(29)30)19-15(4-5-16(27)20(19)24)26(10)21(31)11-2-3-13(22)14(23)8-11/h2-5,8,27H,6-7,9H2,1H3,(H,25,28)(H,29,30). The molecule has 3 N–H and O–H groups in total. The van der Waals surface area contributed by atoms with E-state index >= 15 is 0 Å². The van der Waals surface area contributed by atoms with E-state index in [0.29, 0.717) is 0 Å². The molecule has 0 spiro atoms. The monoisotopic (exact) mass is 450 g/mol. The number of fused-ring (bicyclic) bond motifs is 1. The molecule has 0 saturated carbocycles. The summed E-state index contributed by atoms with van der Waals surface area (Å²) in [7, 11) is 0. The lowest BCUT2D eigenvalue weighted by molar-refractivity contribution is -0.136. The third kappa shape index (κ3) is 4.36. The first kappa shape index (κ1) is 22.2. The summed E-state index contributed by atoms with van der Waals surface area (Å²) in [6.45, 7) is 1.36. The van der Waals surface area contributed by atoms with Crippen LogP contribution >= 0.6 is 11.6 Å². The molecule has 0 unspecified atom stereocenters. The van der Waals surface area contributed by atoms with Crippen LogP contribution in [0.2, 0.25) is 5.02 Å². The highest BCUT2D eigenvalue weighted by Crippen LogP contribution is 2.33. The zero-order chi connectivity index (χ0) is 22.9. The molecule has 31 heavy (non-hydrogen) atoms. The largest absolute Gasteiger partial charge is 0.505 e. The van der Waals surface area contributed by atoms with Gasteiger partial charge in [0.1, 0.15) is 5.82 Å². The molecule has 0 radical (unpaired) electrons. The molecule has 0 aliphatic rings. The van der Waals surface area contributed by atoms with Gasteiger partial charge in [-0.1, -0.05) is 11.6 Å². The average molecular weight is 451 g/mol. The second kappa shape index (κ2) is 8.73. The number of nitrogens with zero attached hydrogens (tertiary/aromatic N) is 1. The van der Waals surface area contributed by atoms with Crippen molar-refractivity contribution in [3.05, 3.63) is 63.8 Å². The minimum absolute atomic E-state index is 0.0483. The number of carboxylic acids is 1. The van der Waals surface area contributed by atoms with Gasteiger partial charge < -0.3 is 15.5 Å². The number of amides is 1. The van der Waals surface area contributed by atoms with E-state index in [1.165, 1.54) is 25.1 Å². The van der Waals surface area contributed by atoms with E-state index in [1.807, 2.05) is 0 Å². The van der Waals surface area contributed by atoms with Crippen molar-refractivity contribution in [3.8, 4) is 5.75 Å². The minimum Gasteiger partial charge on any atom is -0.505 e. The molecule has 0 atom stereocenters. The van der Waals surface area contributed by atoms with Gasteiger partial charge in [-0.05, 0) is 42.8 Å². The van der Waals surface area contributed by atoms with Crippen molar-refractivity contribution in [3.63, 3.8) is 0 Å². The third-order valence-corrected chi connectivity index (χ3v) is 5.09. The van der Waals surface area contributed by atoms with E-state index in [4.69, 9.17) is 16.7 Å². The number of phenols is 1. The van der Waals surface area contributed by atoms with Crippen molar-refractivity contribution in [2.24, 2.45) is 0 Å². The van der Waals surface area contributed by atoms with Crippen LogP contribution in [0, 0.1) is 18.6 Å². The number of benzene rings is 2. The van der Waals surface area contributed by atoms with E-state index in [0.717, 1.165) is 16.7 Å². The van der Waals surface area contributed by atoms with Crippen molar-refractivity contribution in [1.29, 1.82) is 0 Å². The Kier molecular flexibility index (Phi) is 6.26. The first-order valence-corrected chi connectivity index (χ1v) is 9.49. The molecule has 0 bridgehead atoms. The second-order valence-electron chi connectivity index (χ2n) is 6.80. The van der Waals surface area contributed by atoms with Gasteiger partial charge in [-0.2, -0.15) is 0 Å². The number of carboxylic acid groups (broad SMARTS) is 1. The molecule has 3 rings (SSSR count). The van der Waals surface area contributed by atoms with Crippen LogP contribution in [0.4, 0.5) is 8.78 Å². The lowest BCUT2D eigenvalue weighted by atomic mass is 10.1. The van der Waals surface area contributed by atoms with Crippen LogP contribution in [0.15, 0.2) is 30.3 Å². The van der Waals surface area contributed by atoms with Gasteiger partial charge >= 0.3 is 5.97 Å². The van der Waals surface area contributed by atoms with Gasteiger partial charge in [0.05, 0.1) is 23.4 Å². The zero-order valence-electron chi connectivity index (χ0n) is 16.2. The number of hydrogen-bond acceptors (Lipinski definition) is 4. The maximum atomic E-state index is 14.8. The molecule has 2 aromatic carbocycles. The van der Waals surface area contributed by atoms with E-state index in [9.17, 15) is 28.3 Å². The van der Waals surface area contributed by atoms with Crippen LogP contribution in [-0.4, -0.2) is 39.1 Å². The van der Waals surface area contributed by atoms with E-state index in [2.05, 4.69) is 5.32 Å². The van der Waals surface area contributed by atoms with Crippen LogP contribution in [0.25, 0.3) is 10.9 Å². The molecule has 0 aliphatic heterocycles. The third-order valence-electron chi connectivity index (χ3n) is 4.78. The molecule has 1 aromatic heterocycles. The number of aromatic hydroxyl groups is 1. The highest BCUT2D eigenvalue weighted by molar-refractivity contribution is 6.30. The second-order valence-corrected chi connectivity index (χ2v) is 7.20. The fraction of sp³-hybridized carbons (Fsp3) is 0.190. The van der Waals surface area contributed by atoms with Crippen LogP contribution in [0.5, 0.6) is 5.75 Å². The molecule has 3 aromatic rings. The van der Waals surface area contributed by atoms with Crippen molar-refractivity contribution >= 4 is 40.3 Å². The van der Waals surface area contributed by atoms with Gasteiger partial charge in [0.25, 0.3) is 5.91 Å². The summed E-state index contributed by atoms with van der Waals surface area (Å²) in [6.07, 6.45) is -0.653. The predicted octanol–water partition coefficient (Wildman–Crippen LogP) is 3.41. The Morgan fingerprint density at radius 1 is 1.16 bits per heavy atom. The number of halogens is 3. The summed E-state index contributed by atoms with van der Waals surface area (Å²) in [5, 5.41) is 20.6. The lowest BCUT2D eigenvalue weighted by Crippen LogP contribution is -2.27. The Bertz CT molecular complexity index is 1220. The van der Waals surface area contributed by atoms with Crippen molar-refractivity contribution < 1.29 is 33.4 Å². The lowest BCUT2D eigenvalue weighted by Gasteiger charge is -2.08. The van der Waals surface area contributed by atoms with Crippen molar-refractivity contribution in [2.75, 3.05) is 6.54 Å². The maximum absolute atomic E-state index is 14.8. The average Bonchev–Trinajstić information content (AvgIpc) is 2.98. The number of nitrogens with one attached hydrogen (secondary N) is 1. The molecule has 0 fully saturated rings. The molecule has 10 heteroatoms. The van der Waals surface area contributed by atoms with E-state index < -0.39 is 35.2 Å². The Balaban J connectivity index is 2.09. The number of aromatic nitrogens is 1. The summed E-state index contributed by atoms with van der Waals surface area (Å²) >= 11 is 5.67. The summed E-state index contributed by atoms with van der Waals surface area (Å²) in [6, 6.07) is 5.87. The molecule has 1 heterocycles. The topological polar surface area (TPSA) is 109 Å². The number of hydrogen-bond donors (Lipinski definition) is 3. The van der Waals surface area contributed by atoms with E-state index in [-0.39, 0.29) is 52.1 Å². The van der Waals surface area contributed by atoms with Crippen LogP contribution < -0.4 is 5.32 Å². The number of rotatable bonds is 6. The highest BCUT2D eigenvalue weighted by atomic mass is 35.5. The molecule has 7 nitrogen and oxygen atoms in total. The molecular formula is C21H17ClF2N2O5. The number of aliphatic carboxylic acids is 1. The first-order chi connectivity index (χ1) is 14.6. The SMILES string of the molecule is Cc1c(CC(=O)NCCC(=O)O)c2c(F)c(O)ccc2n1C(=O)c1ccc(Cl)c(F)c1. The Hall–Kier alpha value is -3.46. The van der Waals surface area contributed by atoms with Crippen LogP contribution in [0.3, 0.4) is 0 Å². The predicted molar refractivity (Wildman–Crippen MR) is 108 cm³/mol. The van der Waals surface area contributed by atoms with Gasteiger partial charge in [0.2, 0.25) is 5.91 Å². The molecule has 1 amide bonds. The summed E-state index contributed by atoms with van der Waals surface area (Å²) < 4.78 is 29.8. The van der Waals surface area contributed by atoms with E-state index in [1.54, 1.807) is 0 Å². The number of phenolic OH excluding ortho intramolecular Hbond substituents is 1. The summed E-state index contributed by atoms with van der Waals surface area (Å²) in [5.74, 6) is -4.84. The van der Waals surface area contributed by atoms with Gasteiger partial charge in [-0.15, -0.1) is 0 Å². The summed E-state index contributed by atoms with van der Waals surface area (Å²) in [4.78, 5) is 36.0. The smallest absolute Gasteiger partial charge is 0.305 e. The fourth-order valence-electron chi connectivity index (χ4n) is 3.29. The molecular weight excluding hydrogens is 434 g/mol. The van der Waals surface area contributed by atoms with Gasteiger partial charge in [-0.3, -0.25) is 19.0 Å². The van der Waals surface area contributed by atoms with Gasteiger partial charge in [0.15, 0.2) is 11.6 Å².